The number of hydrogen-bond acceptors (Lipinski definition) is 3. The lowest BCUT2D eigenvalue weighted by atomic mass is 9.91. The number of nitrogens with one attached hydrogen (secondary N) is 1. The predicted octanol–water partition coefficient (Wildman–Crippen LogP) is 6.32. The van der Waals surface area contributed by atoms with Crippen LogP contribution in [-0.2, 0) is 18.3 Å². The Hall–Kier alpha value is -2.35. The van der Waals surface area contributed by atoms with Gasteiger partial charge in [-0.1, -0.05) is 83.1 Å². The second kappa shape index (κ2) is 11.5. The number of aryl methyl sites for hydroxylation is 1. The fourth-order valence-electron chi connectivity index (χ4n) is 4.29. The van der Waals surface area contributed by atoms with Gasteiger partial charge in [-0.3, -0.25) is 0 Å². The van der Waals surface area contributed by atoms with Crippen LogP contribution in [0.5, 0.6) is 11.5 Å². The van der Waals surface area contributed by atoms with E-state index in [-0.39, 0.29) is 5.16 Å². The molecule has 3 rings (SSSR count). The monoisotopic (exact) mass is 449 g/mol. The van der Waals surface area contributed by atoms with Crippen molar-refractivity contribution in [2.75, 3.05) is 14.2 Å². The summed E-state index contributed by atoms with van der Waals surface area (Å²) in [5.41, 5.74) is 5.14. The van der Waals surface area contributed by atoms with Gasteiger partial charge in [0.25, 0.3) is 0 Å². The molecule has 0 fully saturated rings. The van der Waals surface area contributed by atoms with Gasteiger partial charge in [0.15, 0.2) is 11.5 Å². The van der Waals surface area contributed by atoms with Crippen LogP contribution in [-0.4, -0.2) is 14.2 Å². The maximum Gasteiger partial charge on any atom is 0.165 e. The van der Waals surface area contributed by atoms with Crippen LogP contribution < -0.4 is 20.1 Å². The molecule has 0 aliphatic heterocycles. The Bertz CT molecular complexity index is 1000. The van der Waals surface area contributed by atoms with Gasteiger partial charge in [0.05, 0.1) is 7.11 Å². The average molecular weight is 450 g/mol. The average Bonchev–Trinajstić information content (AvgIpc) is 2.83. The van der Waals surface area contributed by atoms with Gasteiger partial charge in [0, 0.05) is 17.3 Å². The maximum atomic E-state index is 6.47. The second-order valence-corrected chi connectivity index (χ2v) is 9.87. The van der Waals surface area contributed by atoms with Crippen molar-refractivity contribution in [1.82, 2.24) is 5.32 Å². The molecule has 0 aliphatic rings. The summed E-state index contributed by atoms with van der Waals surface area (Å²) in [5, 5.41) is 4.78. The minimum Gasteiger partial charge on any atom is -0.493 e. The summed E-state index contributed by atoms with van der Waals surface area (Å²) in [6.07, 6.45) is 2.06. The van der Waals surface area contributed by atoms with Crippen LogP contribution in [0.2, 0.25) is 0 Å². The summed E-state index contributed by atoms with van der Waals surface area (Å²) < 4.78 is 12.2. The van der Waals surface area contributed by atoms with Crippen molar-refractivity contribution >= 4 is 13.9 Å². The maximum absolute atomic E-state index is 6.47. The summed E-state index contributed by atoms with van der Waals surface area (Å²) in [6.45, 7) is 8.23. The lowest BCUT2D eigenvalue weighted by Crippen LogP contribution is -2.26. The minimum absolute atomic E-state index is 0.0187. The number of hydrogen-bond donors (Lipinski definition) is 1. The summed E-state index contributed by atoms with van der Waals surface area (Å²) in [6, 6.07) is 23.3. The van der Waals surface area contributed by atoms with E-state index >= 15 is 0 Å². The molecular formula is C28H36NO2P. The molecule has 170 valence electrons. The summed E-state index contributed by atoms with van der Waals surface area (Å²) in [5.74, 6) is 1.67. The van der Waals surface area contributed by atoms with Crippen molar-refractivity contribution in [2.45, 2.75) is 51.9 Å². The number of benzene rings is 3. The summed E-state index contributed by atoms with van der Waals surface area (Å²) >= 11 is 0. The molecule has 0 bridgehead atoms. The van der Waals surface area contributed by atoms with E-state index < -0.39 is 0 Å². The van der Waals surface area contributed by atoms with Gasteiger partial charge in [0.2, 0.25) is 0 Å². The Morgan fingerprint density at radius 2 is 1.62 bits per heavy atom. The van der Waals surface area contributed by atoms with E-state index in [4.69, 9.17) is 9.47 Å². The fourth-order valence-corrected chi connectivity index (χ4v) is 6.07. The molecular weight excluding hydrogens is 413 g/mol. The zero-order valence-corrected chi connectivity index (χ0v) is 21.0. The first-order chi connectivity index (χ1) is 15.6. The molecule has 32 heavy (non-hydrogen) atoms. The third-order valence-electron chi connectivity index (χ3n) is 6.24. The first kappa shape index (κ1) is 24.3. The first-order valence-electron chi connectivity index (χ1n) is 11.4. The van der Waals surface area contributed by atoms with Gasteiger partial charge in [-0.15, -0.1) is 0 Å². The molecule has 0 spiro atoms. The number of para-hydroxylation sites is 1. The van der Waals surface area contributed by atoms with Crippen LogP contribution in [0, 0.1) is 6.92 Å². The van der Waals surface area contributed by atoms with Gasteiger partial charge < -0.3 is 14.8 Å². The molecule has 4 heteroatoms. The molecule has 0 aliphatic carbocycles. The van der Waals surface area contributed by atoms with Crippen molar-refractivity contribution in [1.29, 1.82) is 0 Å². The Morgan fingerprint density at radius 3 is 2.28 bits per heavy atom. The molecule has 3 aromatic rings. The van der Waals surface area contributed by atoms with E-state index in [1.165, 1.54) is 22.0 Å². The topological polar surface area (TPSA) is 30.5 Å². The van der Waals surface area contributed by atoms with Gasteiger partial charge in [-0.05, 0) is 54.9 Å². The predicted molar refractivity (Wildman–Crippen MR) is 138 cm³/mol. The lowest BCUT2D eigenvalue weighted by Gasteiger charge is -2.35. The Labute approximate surface area is 195 Å². The zero-order chi connectivity index (χ0) is 23.0. The van der Waals surface area contributed by atoms with Gasteiger partial charge in [-0.25, -0.2) is 0 Å². The Kier molecular flexibility index (Phi) is 8.73. The standard InChI is InChI=1S/C28H36NO2P/c1-6-28(7-2,32-27-21(3)13-11-16-23(27)19-29-4)24-17-12-18-25(30-5)26(24)31-20-22-14-9-8-10-15-22/h8-18,29,32H,6-7,19-20H2,1-5H3. The molecule has 0 heterocycles. The second-order valence-electron chi connectivity index (χ2n) is 8.16. The van der Waals surface area contributed by atoms with E-state index in [9.17, 15) is 0 Å². The van der Waals surface area contributed by atoms with Crippen molar-refractivity contribution < 1.29 is 9.47 Å². The minimum atomic E-state index is -0.0187. The van der Waals surface area contributed by atoms with Crippen LogP contribution in [0.25, 0.3) is 0 Å². The summed E-state index contributed by atoms with van der Waals surface area (Å²) in [4.78, 5) is 0. The molecule has 3 nitrogen and oxygen atoms in total. The molecule has 3 aromatic carbocycles. The molecule has 0 saturated carbocycles. The van der Waals surface area contributed by atoms with E-state index in [2.05, 4.69) is 68.6 Å². The largest absolute Gasteiger partial charge is 0.493 e. The number of rotatable bonds is 11. The smallest absolute Gasteiger partial charge is 0.165 e. The quantitative estimate of drug-likeness (QED) is 0.348. The third-order valence-corrected chi connectivity index (χ3v) is 8.66. The highest BCUT2D eigenvalue weighted by Gasteiger charge is 2.34. The normalized spacial score (nSPS) is 11.8. The van der Waals surface area contributed by atoms with E-state index in [0.717, 1.165) is 36.4 Å². The fraction of sp³-hybridized carbons (Fsp3) is 0.357. The Balaban J connectivity index is 2.06. The molecule has 0 saturated heterocycles. The summed E-state index contributed by atoms with van der Waals surface area (Å²) in [7, 11) is 4.38. The highest BCUT2D eigenvalue weighted by molar-refractivity contribution is 7.48. The highest BCUT2D eigenvalue weighted by atomic mass is 31.1. The van der Waals surface area contributed by atoms with Gasteiger partial charge >= 0.3 is 0 Å². The molecule has 0 radical (unpaired) electrons. The van der Waals surface area contributed by atoms with Crippen LogP contribution in [0.3, 0.4) is 0 Å². The molecule has 0 amide bonds. The first-order valence-corrected chi connectivity index (χ1v) is 12.4. The zero-order valence-electron chi connectivity index (χ0n) is 20.0. The van der Waals surface area contributed by atoms with Crippen LogP contribution in [0.1, 0.15) is 48.9 Å². The van der Waals surface area contributed by atoms with E-state index in [1.807, 2.05) is 31.3 Å². The van der Waals surface area contributed by atoms with Crippen LogP contribution >= 0.6 is 8.58 Å². The van der Waals surface area contributed by atoms with Crippen molar-refractivity contribution in [3.05, 3.63) is 89.0 Å². The SMILES string of the molecule is CCC(CC)(Pc1c(C)cccc1CNC)c1cccc(OC)c1OCc1ccccc1. The van der Waals surface area contributed by atoms with Crippen molar-refractivity contribution in [2.24, 2.45) is 0 Å². The molecule has 0 aromatic heterocycles. The molecule has 1 unspecified atom stereocenters. The van der Waals surface area contributed by atoms with Crippen LogP contribution in [0.15, 0.2) is 66.7 Å². The highest BCUT2D eigenvalue weighted by Crippen LogP contribution is 2.52. The molecule has 1 atom stereocenters. The van der Waals surface area contributed by atoms with Gasteiger partial charge in [0.1, 0.15) is 6.61 Å². The van der Waals surface area contributed by atoms with Gasteiger partial charge in [-0.2, -0.15) is 0 Å². The molecule has 1 N–H and O–H groups in total. The number of ether oxygens (including phenoxy) is 2. The Morgan fingerprint density at radius 1 is 0.906 bits per heavy atom. The van der Waals surface area contributed by atoms with E-state index in [1.54, 1.807) is 7.11 Å². The third kappa shape index (κ3) is 5.34. The number of methoxy groups -OCH3 is 1. The lowest BCUT2D eigenvalue weighted by molar-refractivity contribution is 0.277. The van der Waals surface area contributed by atoms with Crippen LogP contribution in [0.4, 0.5) is 0 Å². The van der Waals surface area contributed by atoms with Crippen molar-refractivity contribution in [3.63, 3.8) is 0 Å². The van der Waals surface area contributed by atoms with Crippen molar-refractivity contribution in [3.8, 4) is 11.5 Å². The van der Waals surface area contributed by atoms with E-state index in [0.29, 0.717) is 15.2 Å².